The number of carbonyl (C=O) groups excluding carboxylic acids is 2. The molecule has 3 rings (SSSR count). The monoisotopic (exact) mass is 483 g/mol. The summed E-state index contributed by atoms with van der Waals surface area (Å²) in [5.41, 5.74) is 0.361. The van der Waals surface area contributed by atoms with E-state index in [9.17, 15) is 14.4 Å². The molecule has 0 bridgehead atoms. The van der Waals surface area contributed by atoms with Gasteiger partial charge in [0.2, 0.25) is 5.43 Å². The van der Waals surface area contributed by atoms with Crippen LogP contribution in [0.1, 0.15) is 72.7 Å². The summed E-state index contributed by atoms with van der Waals surface area (Å²) in [5.74, 6) is -0.108. The molecular weight excluding hydrogens is 446 g/mol. The molecule has 1 atom stereocenters. The fourth-order valence-electron chi connectivity index (χ4n) is 4.42. The SMILES string of the molecule is CC[C@@H]1CCCCN1C(=O)c1cn(Cc2cccc(OC)c2)cc(C(=O)NCCOC(C)C)c1=O. The van der Waals surface area contributed by atoms with Crippen molar-refractivity contribution in [3.8, 4) is 5.75 Å². The zero-order valence-corrected chi connectivity index (χ0v) is 21.2. The van der Waals surface area contributed by atoms with Crippen LogP contribution in [0.25, 0.3) is 0 Å². The molecule has 8 heteroatoms. The predicted molar refractivity (Wildman–Crippen MR) is 135 cm³/mol. The van der Waals surface area contributed by atoms with E-state index in [1.807, 2.05) is 38.1 Å². The number of benzene rings is 1. The van der Waals surface area contributed by atoms with Crippen LogP contribution < -0.4 is 15.5 Å². The zero-order valence-electron chi connectivity index (χ0n) is 21.2. The highest BCUT2D eigenvalue weighted by Gasteiger charge is 2.29. The first-order valence-electron chi connectivity index (χ1n) is 12.4. The summed E-state index contributed by atoms with van der Waals surface area (Å²) in [6.45, 7) is 7.50. The Balaban J connectivity index is 1.95. The number of ether oxygens (including phenoxy) is 2. The van der Waals surface area contributed by atoms with E-state index in [1.165, 1.54) is 6.20 Å². The summed E-state index contributed by atoms with van der Waals surface area (Å²) in [6, 6.07) is 7.66. The van der Waals surface area contributed by atoms with Gasteiger partial charge in [0.1, 0.15) is 16.9 Å². The number of nitrogens with zero attached hydrogens (tertiary/aromatic N) is 2. The van der Waals surface area contributed by atoms with E-state index in [1.54, 1.807) is 22.8 Å². The smallest absolute Gasteiger partial charge is 0.259 e. The number of hydrogen-bond acceptors (Lipinski definition) is 5. The van der Waals surface area contributed by atoms with Gasteiger partial charge in [0, 0.05) is 38.1 Å². The molecule has 1 aromatic heterocycles. The van der Waals surface area contributed by atoms with Crippen LogP contribution in [-0.2, 0) is 11.3 Å². The number of aromatic nitrogens is 1. The van der Waals surface area contributed by atoms with Gasteiger partial charge in [-0.15, -0.1) is 0 Å². The van der Waals surface area contributed by atoms with E-state index in [2.05, 4.69) is 12.2 Å². The summed E-state index contributed by atoms with van der Waals surface area (Å²) in [5, 5.41) is 2.75. The van der Waals surface area contributed by atoms with Crippen molar-refractivity contribution in [3.05, 3.63) is 63.6 Å². The molecule has 0 spiro atoms. The normalized spacial score (nSPS) is 15.8. The Morgan fingerprint density at radius 3 is 2.66 bits per heavy atom. The first kappa shape index (κ1) is 26.5. The van der Waals surface area contributed by atoms with Crippen LogP contribution in [0, 0.1) is 0 Å². The molecule has 8 nitrogen and oxygen atoms in total. The van der Waals surface area contributed by atoms with Crippen molar-refractivity contribution >= 4 is 11.8 Å². The van der Waals surface area contributed by atoms with E-state index < -0.39 is 11.3 Å². The molecule has 0 saturated carbocycles. The maximum absolute atomic E-state index is 13.5. The van der Waals surface area contributed by atoms with Crippen molar-refractivity contribution in [2.24, 2.45) is 0 Å². The maximum atomic E-state index is 13.5. The maximum Gasteiger partial charge on any atom is 0.259 e. The summed E-state index contributed by atoms with van der Waals surface area (Å²) in [7, 11) is 1.60. The third-order valence-electron chi connectivity index (χ3n) is 6.25. The zero-order chi connectivity index (χ0) is 25.4. The number of piperidine rings is 1. The van der Waals surface area contributed by atoms with Crippen molar-refractivity contribution in [2.75, 3.05) is 26.8 Å². The molecule has 190 valence electrons. The van der Waals surface area contributed by atoms with Crippen LogP contribution in [0.4, 0.5) is 0 Å². The van der Waals surface area contributed by atoms with Crippen LogP contribution >= 0.6 is 0 Å². The molecule has 35 heavy (non-hydrogen) atoms. The van der Waals surface area contributed by atoms with Gasteiger partial charge in [-0.25, -0.2) is 0 Å². The van der Waals surface area contributed by atoms with E-state index in [0.717, 1.165) is 31.2 Å². The number of methoxy groups -OCH3 is 1. The summed E-state index contributed by atoms with van der Waals surface area (Å²) in [4.78, 5) is 41.7. The van der Waals surface area contributed by atoms with Gasteiger partial charge in [-0.3, -0.25) is 14.4 Å². The number of amides is 2. The number of likely N-dealkylation sites (tertiary alicyclic amines) is 1. The van der Waals surface area contributed by atoms with Crippen molar-refractivity contribution in [1.29, 1.82) is 0 Å². The lowest BCUT2D eigenvalue weighted by molar-refractivity contribution is 0.0605. The van der Waals surface area contributed by atoms with Gasteiger partial charge in [-0.2, -0.15) is 0 Å². The Morgan fingerprint density at radius 1 is 1.17 bits per heavy atom. The number of pyridine rings is 1. The first-order valence-corrected chi connectivity index (χ1v) is 12.4. The van der Waals surface area contributed by atoms with E-state index in [0.29, 0.717) is 25.4 Å². The second-order valence-electron chi connectivity index (χ2n) is 9.17. The lowest BCUT2D eigenvalue weighted by Crippen LogP contribution is -2.45. The molecule has 1 saturated heterocycles. The van der Waals surface area contributed by atoms with Crippen molar-refractivity contribution in [3.63, 3.8) is 0 Å². The van der Waals surface area contributed by atoms with Gasteiger partial charge < -0.3 is 24.3 Å². The predicted octanol–water partition coefficient (Wildman–Crippen LogP) is 3.46. The Kier molecular flexibility index (Phi) is 9.48. The van der Waals surface area contributed by atoms with Crippen LogP contribution in [-0.4, -0.2) is 60.2 Å². The standard InChI is InChI=1S/C27H37N3O5/c1-5-21-10-6-7-13-30(21)27(33)24-18-29(16-20-9-8-11-22(15-20)34-4)17-23(25(24)31)26(32)28-12-14-35-19(2)3/h8-9,11,15,17-19,21H,5-7,10,12-14,16H2,1-4H3,(H,28,32)/t21-/m1/s1. The Labute approximate surface area is 207 Å². The minimum atomic E-state index is -0.542. The topological polar surface area (TPSA) is 89.9 Å². The van der Waals surface area contributed by atoms with E-state index in [4.69, 9.17) is 9.47 Å². The molecular formula is C27H37N3O5. The van der Waals surface area contributed by atoms with Gasteiger partial charge in [0.05, 0.1) is 19.8 Å². The fourth-order valence-corrected chi connectivity index (χ4v) is 4.42. The highest BCUT2D eigenvalue weighted by Crippen LogP contribution is 2.21. The molecule has 2 amide bonds. The summed E-state index contributed by atoms with van der Waals surface area (Å²) >= 11 is 0. The minimum absolute atomic E-state index is 0.0272. The van der Waals surface area contributed by atoms with Gasteiger partial charge >= 0.3 is 0 Å². The molecule has 0 aliphatic carbocycles. The molecule has 1 aliphatic rings. The average Bonchev–Trinajstić information content (AvgIpc) is 2.86. The van der Waals surface area contributed by atoms with Crippen molar-refractivity contribution in [2.45, 2.75) is 65.1 Å². The van der Waals surface area contributed by atoms with Gasteiger partial charge in [0.15, 0.2) is 0 Å². The minimum Gasteiger partial charge on any atom is -0.497 e. The van der Waals surface area contributed by atoms with Crippen LogP contribution in [0.3, 0.4) is 0 Å². The molecule has 1 aromatic carbocycles. The van der Waals surface area contributed by atoms with E-state index in [-0.39, 0.29) is 35.7 Å². The fraction of sp³-hybridized carbons (Fsp3) is 0.519. The number of nitrogens with one attached hydrogen (secondary N) is 1. The number of hydrogen-bond donors (Lipinski definition) is 1. The second-order valence-corrected chi connectivity index (χ2v) is 9.17. The molecule has 0 unspecified atom stereocenters. The first-order chi connectivity index (χ1) is 16.8. The number of carbonyl (C=O) groups is 2. The highest BCUT2D eigenvalue weighted by molar-refractivity contribution is 5.99. The van der Waals surface area contributed by atoms with Crippen LogP contribution in [0.5, 0.6) is 5.75 Å². The third kappa shape index (κ3) is 6.94. The summed E-state index contributed by atoms with van der Waals surface area (Å²) < 4.78 is 12.5. The van der Waals surface area contributed by atoms with Crippen LogP contribution in [0.15, 0.2) is 41.5 Å². The quantitative estimate of drug-likeness (QED) is 0.523. The highest BCUT2D eigenvalue weighted by atomic mass is 16.5. The lowest BCUT2D eigenvalue weighted by atomic mass is 9.98. The average molecular weight is 484 g/mol. The molecule has 2 heterocycles. The number of rotatable bonds is 10. The Hall–Kier alpha value is -3.13. The third-order valence-corrected chi connectivity index (χ3v) is 6.25. The van der Waals surface area contributed by atoms with Gasteiger partial charge in [0.25, 0.3) is 11.8 Å². The Bertz CT molecular complexity index is 1080. The molecule has 0 radical (unpaired) electrons. The summed E-state index contributed by atoms with van der Waals surface area (Å²) in [6.07, 6.45) is 6.88. The van der Waals surface area contributed by atoms with Crippen molar-refractivity contribution < 1.29 is 19.1 Å². The largest absolute Gasteiger partial charge is 0.497 e. The van der Waals surface area contributed by atoms with Gasteiger partial charge in [-0.1, -0.05) is 19.1 Å². The Morgan fingerprint density at radius 2 is 1.94 bits per heavy atom. The molecule has 1 N–H and O–H groups in total. The van der Waals surface area contributed by atoms with Crippen molar-refractivity contribution in [1.82, 2.24) is 14.8 Å². The lowest BCUT2D eigenvalue weighted by Gasteiger charge is -2.35. The second kappa shape index (κ2) is 12.5. The van der Waals surface area contributed by atoms with Gasteiger partial charge in [-0.05, 0) is 57.2 Å². The van der Waals surface area contributed by atoms with Crippen LogP contribution in [0.2, 0.25) is 0 Å². The van der Waals surface area contributed by atoms with E-state index >= 15 is 0 Å². The molecule has 2 aromatic rings. The molecule has 1 aliphatic heterocycles. The molecule has 1 fully saturated rings.